The smallest absolute Gasteiger partial charge is 0.308 e. The number of rotatable bonds is 4. The quantitative estimate of drug-likeness (QED) is 0.859. The molecule has 2 aliphatic rings. The fourth-order valence-corrected chi connectivity index (χ4v) is 4.09. The Morgan fingerprint density at radius 1 is 1.25 bits per heavy atom. The van der Waals surface area contributed by atoms with Crippen LogP contribution in [0, 0.1) is 11.8 Å². The van der Waals surface area contributed by atoms with Gasteiger partial charge >= 0.3 is 5.97 Å². The number of hydrogen-bond donors (Lipinski definition) is 1. The van der Waals surface area contributed by atoms with E-state index in [-0.39, 0.29) is 12.0 Å². The largest absolute Gasteiger partial charge is 0.481 e. The monoisotopic (exact) mass is 282 g/mol. The summed E-state index contributed by atoms with van der Waals surface area (Å²) < 4.78 is 0. The molecule has 4 unspecified atom stereocenters. The van der Waals surface area contributed by atoms with E-state index in [1.807, 2.05) is 0 Å². The second-order valence-corrected chi connectivity index (χ2v) is 6.57. The van der Waals surface area contributed by atoms with Crippen LogP contribution in [0.5, 0.6) is 0 Å². The first kappa shape index (κ1) is 15.8. The van der Waals surface area contributed by atoms with Gasteiger partial charge in [-0.1, -0.05) is 20.3 Å². The maximum atomic E-state index is 11.6. The average molecular weight is 282 g/mol. The minimum absolute atomic E-state index is 0.154. The molecule has 116 valence electrons. The Morgan fingerprint density at radius 3 is 2.55 bits per heavy atom. The van der Waals surface area contributed by atoms with Gasteiger partial charge in [-0.05, 0) is 38.6 Å². The Kier molecular flexibility index (Phi) is 5.44. The van der Waals surface area contributed by atoms with Crippen LogP contribution in [-0.2, 0) is 4.79 Å². The van der Waals surface area contributed by atoms with Crippen LogP contribution in [0.2, 0.25) is 0 Å². The van der Waals surface area contributed by atoms with E-state index in [1.165, 1.54) is 6.42 Å². The first-order chi connectivity index (χ1) is 9.56. The molecule has 1 heterocycles. The number of carboxylic acids is 1. The minimum Gasteiger partial charge on any atom is -0.481 e. The fraction of sp³-hybridized carbons (Fsp3) is 0.938. The van der Waals surface area contributed by atoms with Crippen molar-refractivity contribution in [2.24, 2.45) is 11.8 Å². The van der Waals surface area contributed by atoms with Gasteiger partial charge in [-0.3, -0.25) is 14.6 Å². The lowest BCUT2D eigenvalue weighted by Crippen LogP contribution is -2.58. The molecule has 0 bridgehead atoms. The van der Waals surface area contributed by atoms with Crippen molar-refractivity contribution in [1.29, 1.82) is 0 Å². The van der Waals surface area contributed by atoms with Crippen LogP contribution < -0.4 is 0 Å². The van der Waals surface area contributed by atoms with Crippen molar-refractivity contribution in [2.45, 2.75) is 58.5 Å². The molecule has 2 fully saturated rings. The van der Waals surface area contributed by atoms with Crippen LogP contribution in [-0.4, -0.2) is 59.1 Å². The molecule has 4 atom stereocenters. The first-order valence-corrected chi connectivity index (χ1v) is 8.27. The van der Waals surface area contributed by atoms with E-state index in [1.54, 1.807) is 0 Å². The highest BCUT2D eigenvalue weighted by Gasteiger charge is 2.39. The third-order valence-corrected chi connectivity index (χ3v) is 5.49. The maximum absolute atomic E-state index is 11.6. The van der Waals surface area contributed by atoms with Crippen LogP contribution in [0.25, 0.3) is 0 Å². The summed E-state index contributed by atoms with van der Waals surface area (Å²) in [5.74, 6) is -0.0246. The van der Waals surface area contributed by atoms with Crippen LogP contribution in [0.3, 0.4) is 0 Å². The molecule has 1 aliphatic heterocycles. The van der Waals surface area contributed by atoms with Crippen molar-refractivity contribution in [3.05, 3.63) is 0 Å². The molecule has 1 N–H and O–H groups in total. The van der Waals surface area contributed by atoms with Crippen molar-refractivity contribution in [2.75, 3.05) is 26.2 Å². The van der Waals surface area contributed by atoms with E-state index in [0.717, 1.165) is 51.4 Å². The Hall–Kier alpha value is -0.610. The molecule has 0 aromatic rings. The molecule has 0 spiro atoms. The van der Waals surface area contributed by atoms with E-state index in [0.29, 0.717) is 6.04 Å². The van der Waals surface area contributed by atoms with E-state index in [9.17, 15) is 9.90 Å². The summed E-state index contributed by atoms with van der Waals surface area (Å²) in [5.41, 5.74) is 0. The summed E-state index contributed by atoms with van der Waals surface area (Å²) >= 11 is 0. The zero-order valence-electron chi connectivity index (χ0n) is 13.2. The molecule has 2 rings (SSSR count). The molecule has 1 aliphatic carbocycles. The second-order valence-electron chi connectivity index (χ2n) is 6.57. The van der Waals surface area contributed by atoms with E-state index >= 15 is 0 Å². The van der Waals surface area contributed by atoms with E-state index < -0.39 is 5.97 Å². The SMILES string of the molecule is CCC1CCC(C(=O)O)C(N2CCN(CC)C(C)C2)C1. The van der Waals surface area contributed by atoms with Gasteiger partial charge in [0.2, 0.25) is 0 Å². The van der Waals surface area contributed by atoms with Gasteiger partial charge in [0.1, 0.15) is 0 Å². The molecule has 4 nitrogen and oxygen atoms in total. The summed E-state index contributed by atoms with van der Waals surface area (Å²) in [5, 5.41) is 9.53. The molecule has 1 saturated heterocycles. The number of aliphatic carboxylic acids is 1. The number of piperazine rings is 1. The molecule has 0 radical (unpaired) electrons. The summed E-state index contributed by atoms with van der Waals surface area (Å²) in [6.45, 7) is 10.9. The van der Waals surface area contributed by atoms with Crippen LogP contribution in [0.15, 0.2) is 0 Å². The van der Waals surface area contributed by atoms with Gasteiger partial charge in [0, 0.05) is 31.7 Å². The van der Waals surface area contributed by atoms with Crippen molar-refractivity contribution < 1.29 is 9.90 Å². The van der Waals surface area contributed by atoms with Crippen molar-refractivity contribution >= 4 is 5.97 Å². The summed E-state index contributed by atoms with van der Waals surface area (Å²) in [7, 11) is 0. The molecular formula is C16H30N2O2. The number of nitrogens with zero attached hydrogens (tertiary/aromatic N) is 2. The molecule has 20 heavy (non-hydrogen) atoms. The first-order valence-electron chi connectivity index (χ1n) is 8.27. The normalized spacial score (nSPS) is 37.0. The number of carbonyl (C=O) groups is 1. The molecule has 0 amide bonds. The highest BCUT2D eigenvalue weighted by Crippen LogP contribution is 2.35. The maximum Gasteiger partial charge on any atom is 0.308 e. The van der Waals surface area contributed by atoms with Crippen molar-refractivity contribution in [3.8, 4) is 0 Å². The van der Waals surface area contributed by atoms with Gasteiger partial charge in [0.05, 0.1) is 5.92 Å². The Morgan fingerprint density at radius 2 is 2.00 bits per heavy atom. The summed E-state index contributed by atoms with van der Waals surface area (Å²) in [6, 6.07) is 0.804. The van der Waals surface area contributed by atoms with Crippen LogP contribution in [0.4, 0.5) is 0 Å². The van der Waals surface area contributed by atoms with Crippen LogP contribution in [0.1, 0.15) is 46.5 Å². The third kappa shape index (κ3) is 3.34. The highest BCUT2D eigenvalue weighted by atomic mass is 16.4. The predicted molar refractivity (Wildman–Crippen MR) is 80.8 cm³/mol. The Labute approximate surface area is 123 Å². The predicted octanol–water partition coefficient (Wildman–Crippen LogP) is 2.29. The van der Waals surface area contributed by atoms with Gasteiger partial charge < -0.3 is 5.11 Å². The zero-order valence-corrected chi connectivity index (χ0v) is 13.2. The number of carboxylic acid groups (broad SMARTS) is 1. The Balaban J connectivity index is 2.05. The van der Waals surface area contributed by atoms with E-state index in [4.69, 9.17) is 0 Å². The molecule has 1 saturated carbocycles. The molecule has 0 aromatic carbocycles. The number of likely N-dealkylation sites (N-methyl/N-ethyl adjacent to an activating group) is 1. The van der Waals surface area contributed by atoms with Crippen molar-refractivity contribution in [1.82, 2.24) is 9.80 Å². The number of hydrogen-bond acceptors (Lipinski definition) is 3. The lowest BCUT2D eigenvalue weighted by molar-refractivity contribution is -0.147. The fourth-order valence-electron chi connectivity index (χ4n) is 4.09. The van der Waals surface area contributed by atoms with Gasteiger partial charge in [0.25, 0.3) is 0 Å². The van der Waals surface area contributed by atoms with Gasteiger partial charge in [-0.25, -0.2) is 0 Å². The highest BCUT2D eigenvalue weighted by molar-refractivity contribution is 5.71. The molecule has 0 aromatic heterocycles. The lowest BCUT2D eigenvalue weighted by Gasteiger charge is -2.47. The van der Waals surface area contributed by atoms with Gasteiger partial charge in [-0.15, -0.1) is 0 Å². The topological polar surface area (TPSA) is 43.8 Å². The lowest BCUT2D eigenvalue weighted by atomic mass is 9.76. The molecular weight excluding hydrogens is 252 g/mol. The summed E-state index contributed by atoms with van der Waals surface area (Å²) in [4.78, 5) is 16.5. The van der Waals surface area contributed by atoms with E-state index in [2.05, 4.69) is 30.6 Å². The second kappa shape index (κ2) is 6.90. The third-order valence-electron chi connectivity index (χ3n) is 5.49. The van der Waals surface area contributed by atoms with Crippen molar-refractivity contribution in [3.63, 3.8) is 0 Å². The van der Waals surface area contributed by atoms with Gasteiger partial charge in [-0.2, -0.15) is 0 Å². The Bertz CT molecular complexity index is 334. The minimum atomic E-state index is -0.588. The van der Waals surface area contributed by atoms with Crippen LogP contribution >= 0.6 is 0 Å². The average Bonchev–Trinajstić information content (AvgIpc) is 2.46. The summed E-state index contributed by atoms with van der Waals surface area (Å²) in [6.07, 6.45) is 4.22. The molecule has 4 heteroatoms. The van der Waals surface area contributed by atoms with Gasteiger partial charge in [0.15, 0.2) is 0 Å². The zero-order chi connectivity index (χ0) is 14.7. The standard InChI is InChI=1S/C16H30N2O2/c1-4-13-6-7-14(16(19)20)15(10-13)18-9-8-17(5-2)12(3)11-18/h12-15H,4-11H2,1-3H3,(H,19,20).